The predicted octanol–water partition coefficient (Wildman–Crippen LogP) is 3.92. The van der Waals surface area contributed by atoms with Gasteiger partial charge in [0.05, 0.1) is 0 Å². The fraction of sp³-hybridized carbons (Fsp3) is 0.667. The Morgan fingerprint density at radius 3 is 2.28 bits per heavy atom. The van der Waals surface area contributed by atoms with Crippen LogP contribution in [0.4, 0.5) is 11.6 Å². The molecule has 0 amide bonds. The highest BCUT2D eigenvalue weighted by molar-refractivity contribution is 5.49. The van der Waals surface area contributed by atoms with Crippen LogP contribution in [-0.4, -0.2) is 23.1 Å². The summed E-state index contributed by atoms with van der Waals surface area (Å²) in [5.74, 6) is 1.94. The topological polar surface area (TPSA) is 28.2 Å². The molecule has 0 fully saturated rings. The van der Waals surface area contributed by atoms with Gasteiger partial charge < -0.3 is 10.2 Å². The zero-order chi connectivity index (χ0) is 14.0. The lowest BCUT2D eigenvalue weighted by atomic mass is 10.00. The molecule has 102 valence electrons. The van der Waals surface area contributed by atoms with E-state index in [1.165, 1.54) is 0 Å². The average molecular weight is 249 g/mol. The van der Waals surface area contributed by atoms with E-state index < -0.39 is 0 Å². The van der Waals surface area contributed by atoms with E-state index in [2.05, 4.69) is 75.9 Å². The molecule has 0 unspecified atom stereocenters. The second-order valence-electron chi connectivity index (χ2n) is 6.48. The van der Waals surface area contributed by atoms with Crippen LogP contribution in [0.1, 0.15) is 48.0 Å². The first-order chi connectivity index (χ1) is 8.15. The fourth-order valence-electron chi connectivity index (χ4n) is 1.61. The molecule has 0 aliphatic rings. The number of nitrogens with one attached hydrogen (secondary N) is 1. The molecular weight excluding hydrogens is 222 g/mol. The predicted molar refractivity (Wildman–Crippen MR) is 80.4 cm³/mol. The van der Waals surface area contributed by atoms with E-state index in [0.717, 1.165) is 18.1 Å². The Morgan fingerprint density at radius 1 is 1.17 bits per heavy atom. The molecule has 0 aliphatic carbocycles. The quantitative estimate of drug-likeness (QED) is 0.876. The smallest absolute Gasteiger partial charge is 0.131 e. The molecule has 0 saturated heterocycles. The van der Waals surface area contributed by atoms with Crippen molar-refractivity contribution in [2.75, 3.05) is 17.3 Å². The number of aromatic nitrogens is 1. The average Bonchev–Trinajstić information content (AvgIpc) is 2.26. The lowest BCUT2D eigenvalue weighted by Crippen LogP contribution is -2.41. The first kappa shape index (κ1) is 14.8. The van der Waals surface area contributed by atoms with Gasteiger partial charge in [0.25, 0.3) is 0 Å². The molecule has 0 bridgehead atoms. The van der Waals surface area contributed by atoms with Gasteiger partial charge in [0.1, 0.15) is 11.6 Å². The van der Waals surface area contributed by atoms with Crippen molar-refractivity contribution in [1.82, 2.24) is 4.98 Å². The van der Waals surface area contributed by atoms with E-state index >= 15 is 0 Å². The zero-order valence-corrected chi connectivity index (χ0v) is 12.8. The minimum Gasteiger partial charge on any atom is -0.365 e. The van der Waals surface area contributed by atoms with Crippen molar-refractivity contribution in [3.63, 3.8) is 0 Å². The fourth-order valence-corrected chi connectivity index (χ4v) is 1.61. The molecule has 1 aromatic heterocycles. The highest BCUT2D eigenvalue weighted by Crippen LogP contribution is 2.24. The Morgan fingerprint density at radius 2 is 1.78 bits per heavy atom. The van der Waals surface area contributed by atoms with Crippen LogP contribution < -0.4 is 10.2 Å². The molecule has 1 rings (SSSR count). The zero-order valence-electron chi connectivity index (χ0n) is 12.8. The molecule has 1 N–H and O–H groups in total. The lowest BCUT2D eigenvalue weighted by Gasteiger charge is -2.36. The van der Waals surface area contributed by atoms with Gasteiger partial charge in [-0.25, -0.2) is 4.98 Å². The van der Waals surface area contributed by atoms with Gasteiger partial charge in [-0.15, -0.1) is 0 Å². The SMILES string of the molecule is CCC(C)(C)N(C)c1cccc(NC(C)(C)C)n1. The van der Waals surface area contributed by atoms with E-state index in [1.807, 2.05) is 6.07 Å². The van der Waals surface area contributed by atoms with Crippen molar-refractivity contribution in [3.8, 4) is 0 Å². The molecule has 0 radical (unpaired) electrons. The van der Waals surface area contributed by atoms with Crippen molar-refractivity contribution in [3.05, 3.63) is 18.2 Å². The summed E-state index contributed by atoms with van der Waals surface area (Å²) in [5, 5.41) is 3.41. The van der Waals surface area contributed by atoms with Gasteiger partial charge in [-0.3, -0.25) is 0 Å². The number of pyridine rings is 1. The number of anilines is 2. The van der Waals surface area contributed by atoms with Crippen molar-refractivity contribution in [1.29, 1.82) is 0 Å². The third-order valence-corrected chi connectivity index (χ3v) is 3.35. The summed E-state index contributed by atoms with van der Waals surface area (Å²) >= 11 is 0. The Labute approximate surface area is 112 Å². The summed E-state index contributed by atoms with van der Waals surface area (Å²) in [5.41, 5.74) is 0.151. The summed E-state index contributed by atoms with van der Waals surface area (Å²) in [6.07, 6.45) is 1.09. The van der Waals surface area contributed by atoms with E-state index in [9.17, 15) is 0 Å². The lowest BCUT2D eigenvalue weighted by molar-refractivity contribution is 0.467. The maximum atomic E-state index is 4.69. The molecule has 0 saturated carbocycles. The monoisotopic (exact) mass is 249 g/mol. The van der Waals surface area contributed by atoms with Crippen LogP contribution in [0, 0.1) is 0 Å². The van der Waals surface area contributed by atoms with E-state index in [4.69, 9.17) is 0 Å². The largest absolute Gasteiger partial charge is 0.365 e. The third kappa shape index (κ3) is 3.90. The molecule has 0 atom stereocenters. The van der Waals surface area contributed by atoms with Gasteiger partial charge in [0, 0.05) is 18.1 Å². The number of rotatable bonds is 4. The first-order valence-corrected chi connectivity index (χ1v) is 6.65. The highest BCUT2D eigenvalue weighted by atomic mass is 15.2. The summed E-state index contributed by atoms with van der Waals surface area (Å²) in [4.78, 5) is 6.92. The third-order valence-electron chi connectivity index (χ3n) is 3.35. The minimum absolute atomic E-state index is 0.0322. The molecule has 0 aromatic carbocycles. The minimum atomic E-state index is 0.0322. The van der Waals surface area contributed by atoms with E-state index in [0.29, 0.717) is 0 Å². The number of hydrogen-bond donors (Lipinski definition) is 1. The maximum Gasteiger partial charge on any atom is 0.131 e. The van der Waals surface area contributed by atoms with Gasteiger partial charge in [-0.1, -0.05) is 13.0 Å². The van der Waals surface area contributed by atoms with Crippen molar-refractivity contribution in [2.45, 2.75) is 59.0 Å². The Balaban J connectivity index is 2.95. The second-order valence-corrected chi connectivity index (χ2v) is 6.48. The van der Waals surface area contributed by atoms with E-state index in [-0.39, 0.29) is 11.1 Å². The summed E-state index contributed by atoms with van der Waals surface area (Å²) in [6.45, 7) is 13.1. The Kier molecular flexibility index (Phi) is 4.25. The standard InChI is InChI=1S/C15H27N3/c1-8-15(5,6)18(7)13-11-9-10-12(16-13)17-14(2,3)4/h9-11H,8H2,1-7H3,(H,16,17). The van der Waals surface area contributed by atoms with Gasteiger partial charge in [0.2, 0.25) is 0 Å². The van der Waals surface area contributed by atoms with Crippen molar-refractivity contribution >= 4 is 11.6 Å². The van der Waals surface area contributed by atoms with Gasteiger partial charge in [-0.05, 0) is 53.2 Å². The highest BCUT2D eigenvalue weighted by Gasteiger charge is 2.22. The van der Waals surface area contributed by atoms with Crippen LogP contribution >= 0.6 is 0 Å². The van der Waals surface area contributed by atoms with Gasteiger partial charge in [-0.2, -0.15) is 0 Å². The van der Waals surface area contributed by atoms with Gasteiger partial charge in [0.15, 0.2) is 0 Å². The van der Waals surface area contributed by atoms with Crippen molar-refractivity contribution in [2.24, 2.45) is 0 Å². The molecule has 18 heavy (non-hydrogen) atoms. The molecule has 0 aliphatic heterocycles. The summed E-state index contributed by atoms with van der Waals surface area (Å²) in [7, 11) is 2.10. The maximum absolute atomic E-state index is 4.69. The molecule has 1 heterocycles. The number of nitrogens with zero attached hydrogens (tertiary/aromatic N) is 2. The Hall–Kier alpha value is -1.25. The normalized spacial score (nSPS) is 12.4. The molecule has 3 nitrogen and oxygen atoms in total. The van der Waals surface area contributed by atoms with Crippen molar-refractivity contribution < 1.29 is 0 Å². The summed E-state index contributed by atoms with van der Waals surface area (Å²) in [6, 6.07) is 6.13. The van der Waals surface area contributed by atoms with Crippen LogP contribution in [0.3, 0.4) is 0 Å². The number of hydrogen-bond acceptors (Lipinski definition) is 3. The second kappa shape index (κ2) is 5.17. The molecular formula is C15H27N3. The van der Waals surface area contributed by atoms with Gasteiger partial charge >= 0.3 is 0 Å². The molecule has 3 heteroatoms. The van der Waals surface area contributed by atoms with Crippen LogP contribution in [0.25, 0.3) is 0 Å². The van der Waals surface area contributed by atoms with E-state index in [1.54, 1.807) is 0 Å². The van der Waals surface area contributed by atoms with Crippen LogP contribution in [0.5, 0.6) is 0 Å². The molecule has 1 aromatic rings. The summed E-state index contributed by atoms with van der Waals surface area (Å²) < 4.78 is 0. The Bertz CT molecular complexity index is 391. The van der Waals surface area contributed by atoms with Crippen LogP contribution in [0.15, 0.2) is 18.2 Å². The van der Waals surface area contributed by atoms with Crippen LogP contribution in [-0.2, 0) is 0 Å². The first-order valence-electron chi connectivity index (χ1n) is 6.65. The van der Waals surface area contributed by atoms with Crippen LogP contribution in [0.2, 0.25) is 0 Å². The molecule has 0 spiro atoms.